The Labute approximate surface area is 153 Å². The van der Waals surface area contributed by atoms with Crippen LogP contribution in [0.2, 0.25) is 0 Å². The van der Waals surface area contributed by atoms with Gasteiger partial charge in [0.05, 0.1) is 17.8 Å². The molecule has 0 aliphatic heterocycles. The summed E-state index contributed by atoms with van der Waals surface area (Å²) < 4.78 is 2.05. The summed E-state index contributed by atoms with van der Waals surface area (Å²) in [6, 6.07) is 21.7. The number of pyridine rings is 1. The molecule has 4 rings (SSSR count). The van der Waals surface area contributed by atoms with Gasteiger partial charge in [0.25, 0.3) is 0 Å². The van der Waals surface area contributed by atoms with Crippen molar-refractivity contribution in [3.05, 3.63) is 95.3 Å². The quantitative estimate of drug-likeness (QED) is 0.488. The van der Waals surface area contributed by atoms with Crippen molar-refractivity contribution < 1.29 is 4.79 Å². The van der Waals surface area contributed by atoms with Crippen LogP contribution in [0.4, 0.5) is 0 Å². The fourth-order valence-corrected chi connectivity index (χ4v) is 3.30. The summed E-state index contributed by atoms with van der Waals surface area (Å²) in [5.41, 5.74) is 6.78. The van der Waals surface area contributed by atoms with Crippen LogP contribution in [0.1, 0.15) is 27.2 Å². The largest absolute Gasteiger partial charge is 0.303 e. The van der Waals surface area contributed by atoms with E-state index in [4.69, 9.17) is 4.98 Å². The van der Waals surface area contributed by atoms with Crippen LogP contribution in [0.5, 0.6) is 0 Å². The van der Waals surface area contributed by atoms with Gasteiger partial charge in [-0.2, -0.15) is 0 Å². The van der Waals surface area contributed by atoms with Crippen LogP contribution < -0.4 is 0 Å². The monoisotopic (exact) mass is 340 g/mol. The summed E-state index contributed by atoms with van der Waals surface area (Å²) in [4.78, 5) is 17.7. The Hall–Kier alpha value is -3.20. The summed E-state index contributed by atoms with van der Waals surface area (Å²) in [5.74, 6) is 0.101. The highest BCUT2D eigenvalue weighted by atomic mass is 16.1. The number of carbonyl (C=O) groups excluding carboxylic acids is 1. The lowest BCUT2D eigenvalue weighted by Gasteiger charge is -2.08. The van der Waals surface area contributed by atoms with Crippen LogP contribution in [0.15, 0.2) is 72.9 Å². The molecule has 3 heteroatoms. The molecule has 0 atom stereocenters. The van der Waals surface area contributed by atoms with Gasteiger partial charge in [-0.1, -0.05) is 60.7 Å². The molecule has 3 nitrogen and oxygen atoms in total. The third kappa shape index (κ3) is 2.92. The van der Waals surface area contributed by atoms with E-state index in [2.05, 4.69) is 36.6 Å². The zero-order chi connectivity index (χ0) is 18.1. The van der Waals surface area contributed by atoms with Gasteiger partial charge in [0.15, 0.2) is 5.78 Å². The van der Waals surface area contributed by atoms with Gasteiger partial charge in [0.2, 0.25) is 0 Å². The lowest BCUT2D eigenvalue weighted by atomic mass is 10.0. The lowest BCUT2D eigenvalue weighted by Crippen LogP contribution is -2.07. The van der Waals surface area contributed by atoms with Crippen molar-refractivity contribution >= 4 is 11.4 Å². The van der Waals surface area contributed by atoms with Crippen molar-refractivity contribution in [1.82, 2.24) is 9.38 Å². The van der Waals surface area contributed by atoms with E-state index in [0.717, 1.165) is 39.3 Å². The van der Waals surface area contributed by atoms with Gasteiger partial charge in [0.1, 0.15) is 5.65 Å². The highest BCUT2D eigenvalue weighted by Crippen LogP contribution is 2.28. The maximum absolute atomic E-state index is 12.9. The van der Waals surface area contributed by atoms with Crippen LogP contribution in [0.25, 0.3) is 16.9 Å². The number of hydrogen-bond donors (Lipinski definition) is 0. The molecule has 0 saturated carbocycles. The smallest absolute Gasteiger partial charge is 0.168 e. The van der Waals surface area contributed by atoms with E-state index in [-0.39, 0.29) is 5.78 Å². The Bertz CT molecular complexity index is 1090. The number of hydrogen-bond acceptors (Lipinski definition) is 2. The van der Waals surface area contributed by atoms with Crippen LogP contribution in [0.3, 0.4) is 0 Å². The van der Waals surface area contributed by atoms with Crippen molar-refractivity contribution in [3.63, 3.8) is 0 Å². The van der Waals surface area contributed by atoms with E-state index in [1.807, 2.05) is 54.6 Å². The molecule has 26 heavy (non-hydrogen) atoms. The number of aryl methyl sites for hydroxylation is 2. The first-order chi connectivity index (χ1) is 12.6. The topological polar surface area (TPSA) is 34.4 Å². The van der Waals surface area contributed by atoms with E-state index in [0.29, 0.717) is 6.42 Å². The summed E-state index contributed by atoms with van der Waals surface area (Å²) in [6.45, 7) is 4.13. The third-order valence-electron chi connectivity index (χ3n) is 4.69. The minimum absolute atomic E-state index is 0.101. The summed E-state index contributed by atoms with van der Waals surface area (Å²) >= 11 is 0. The Morgan fingerprint density at radius 1 is 0.923 bits per heavy atom. The third-order valence-corrected chi connectivity index (χ3v) is 4.69. The molecule has 0 bridgehead atoms. The number of fused-ring (bicyclic) bond motifs is 1. The van der Waals surface area contributed by atoms with Crippen LogP contribution in [0, 0.1) is 13.8 Å². The molecule has 0 spiro atoms. The number of Topliss-reactive ketones (excluding diaryl/α,β-unsaturated/α-hetero) is 1. The van der Waals surface area contributed by atoms with E-state index < -0.39 is 0 Å². The molecule has 0 aliphatic carbocycles. The molecular formula is C23H20N2O. The highest BCUT2D eigenvalue weighted by Gasteiger charge is 2.19. The fraction of sp³-hybridized carbons (Fsp3) is 0.130. The molecule has 2 heterocycles. The Morgan fingerprint density at radius 3 is 2.42 bits per heavy atom. The molecule has 0 N–H and O–H groups in total. The first-order valence-electron chi connectivity index (χ1n) is 8.75. The minimum Gasteiger partial charge on any atom is -0.303 e. The van der Waals surface area contributed by atoms with Crippen molar-refractivity contribution in [1.29, 1.82) is 0 Å². The number of nitrogens with zero attached hydrogens (tertiary/aromatic N) is 2. The zero-order valence-corrected chi connectivity index (χ0v) is 14.9. The zero-order valence-electron chi connectivity index (χ0n) is 14.9. The molecule has 0 unspecified atom stereocenters. The number of benzene rings is 2. The molecule has 0 radical (unpaired) electrons. The predicted molar refractivity (Wildman–Crippen MR) is 105 cm³/mol. The molecule has 0 aliphatic rings. The maximum Gasteiger partial charge on any atom is 0.168 e. The van der Waals surface area contributed by atoms with Crippen molar-refractivity contribution in [2.75, 3.05) is 0 Å². The normalized spacial score (nSPS) is 11.0. The van der Waals surface area contributed by atoms with Gasteiger partial charge in [-0.25, -0.2) is 4.98 Å². The van der Waals surface area contributed by atoms with E-state index in [1.165, 1.54) is 0 Å². The Morgan fingerprint density at radius 2 is 1.65 bits per heavy atom. The molecule has 128 valence electrons. The Balaban J connectivity index is 1.88. The standard InChI is InChI=1S/C23H20N2O/c1-16-12-13-22-24-23(19-11-7-6-8-17(19)2)20(25(22)15-16)14-21(26)18-9-4-3-5-10-18/h3-13,15H,14H2,1-2H3. The molecule has 4 aromatic rings. The first kappa shape index (κ1) is 16.3. The Kier molecular flexibility index (Phi) is 4.13. The van der Waals surface area contributed by atoms with Crippen LogP contribution in [-0.4, -0.2) is 15.2 Å². The fourth-order valence-electron chi connectivity index (χ4n) is 3.30. The van der Waals surface area contributed by atoms with Crippen molar-refractivity contribution in [2.45, 2.75) is 20.3 Å². The minimum atomic E-state index is 0.101. The lowest BCUT2D eigenvalue weighted by molar-refractivity contribution is 0.0992. The second kappa shape index (κ2) is 6.60. The molecule has 2 aromatic carbocycles. The van der Waals surface area contributed by atoms with Crippen LogP contribution in [-0.2, 0) is 6.42 Å². The van der Waals surface area contributed by atoms with Gasteiger partial charge in [-0.3, -0.25) is 4.79 Å². The summed E-state index contributed by atoms with van der Waals surface area (Å²) in [5, 5.41) is 0. The average Bonchev–Trinajstić information content (AvgIpc) is 3.00. The number of imidazole rings is 1. The number of ketones is 1. The summed E-state index contributed by atoms with van der Waals surface area (Å²) in [7, 11) is 0. The van der Waals surface area contributed by atoms with Gasteiger partial charge in [0, 0.05) is 17.3 Å². The molecule has 0 fully saturated rings. The van der Waals surface area contributed by atoms with Crippen molar-refractivity contribution in [2.24, 2.45) is 0 Å². The number of carbonyl (C=O) groups is 1. The molecule has 0 amide bonds. The molecule has 0 saturated heterocycles. The maximum atomic E-state index is 12.9. The van der Waals surface area contributed by atoms with Gasteiger partial charge < -0.3 is 4.40 Å². The highest BCUT2D eigenvalue weighted by molar-refractivity contribution is 5.98. The predicted octanol–water partition coefficient (Wildman–Crippen LogP) is 5.04. The molecule has 2 aromatic heterocycles. The van der Waals surface area contributed by atoms with Gasteiger partial charge in [-0.05, 0) is 31.0 Å². The van der Waals surface area contributed by atoms with Crippen molar-refractivity contribution in [3.8, 4) is 11.3 Å². The SMILES string of the molecule is Cc1ccc2nc(-c3ccccc3C)c(CC(=O)c3ccccc3)n2c1. The first-order valence-corrected chi connectivity index (χ1v) is 8.75. The number of rotatable bonds is 4. The number of aromatic nitrogens is 2. The van der Waals surface area contributed by atoms with Crippen LogP contribution >= 0.6 is 0 Å². The van der Waals surface area contributed by atoms with E-state index in [1.54, 1.807) is 0 Å². The molecular weight excluding hydrogens is 320 g/mol. The van der Waals surface area contributed by atoms with E-state index in [9.17, 15) is 4.79 Å². The second-order valence-corrected chi connectivity index (χ2v) is 6.62. The summed E-state index contributed by atoms with van der Waals surface area (Å²) in [6.07, 6.45) is 2.37. The van der Waals surface area contributed by atoms with Gasteiger partial charge >= 0.3 is 0 Å². The average molecular weight is 340 g/mol. The van der Waals surface area contributed by atoms with Gasteiger partial charge in [-0.15, -0.1) is 0 Å². The van der Waals surface area contributed by atoms with E-state index >= 15 is 0 Å². The second-order valence-electron chi connectivity index (χ2n) is 6.62.